The zero-order valence-corrected chi connectivity index (χ0v) is 16.9. The lowest BCUT2D eigenvalue weighted by Crippen LogP contribution is -2.47. The molecule has 2 rings (SSSR count). The molecule has 0 bridgehead atoms. The molecular weight excluding hydrogens is 352 g/mol. The van der Waals surface area contributed by atoms with Crippen molar-refractivity contribution in [3.05, 3.63) is 23.8 Å². The summed E-state index contributed by atoms with van der Waals surface area (Å²) in [6.07, 6.45) is 3.30. The highest BCUT2D eigenvalue weighted by Gasteiger charge is 2.35. The molecule has 0 aliphatic carbocycles. The molecule has 26 heavy (non-hydrogen) atoms. The lowest BCUT2D eigenvalue weighted by molar-refractivity contribution is -0.126. The molecule has 0 saturated carbocycles. The molecule has 1 aliphatic heterocycles. The third-order valence-electron chi connectivity index (χ3n) is 4.80. The number of benzene rings is 1. The van der Waals surface area contributed by atoms with Crippen LogP contribution in [0.2, 0.25) is 0 Å². The van der Waals surface area contributed by atoms with Gasteiger partial charge >= 0.3 is 0 Å². The number of piperidine rings is 1. The smallest absolute Gasteiger partial charge is 0.246 e. The van der Waals surface area contributed by atoms with Gasteiger partial charge < -0.3 is 10.1 Å². The monoisotopic (exact) mass is 382 g/mol. The number of nitrogens with zero attached hydrogens (tertiary/aromatic N) is 1. The standard InChI is InChI=1S/C19H30N2O4S/c1-5-7-15(3)20-19(22)16-8-6-11-21(13-16)26(23,24)18-12-14(2)9-10-17(18)25-4/h9-10,12,15-16H,5-8,11,13H2,1-4H3,(H,20,22)/t15-,16+/m0/s1. The molecule has 6 nitrogen and oxygen atoms in total. The minimum atomic E-state index is -3.70. The van der Waals surface area contributed by atoms with Crippen LogP contribution in [-0.2, 0) is 14.8 Å². The Bertz CT molecular complexity index is 733. The molecular formula is C19H30N2O4S. The van der Waals surface area contributed by atoms with Crippen LogP contribution in [0.5, 0.6) is 5.75 Å². The lowest BCUT2D eigenvalue weighted by atomic mass is 9.98. The number of ether oxygens (including phenoxy) is 1. The Morgan fingerprint density at radius 2 is 2.15 bits per heavy atom. The number of aryl methyl sites for hydroxylation is 1. The third kappa shape index (κ3) is 4.76. The van der Waals surface area contributed by atoms with Gasteiger partial charge in [0, 0.05) is 19.1 Å². The van der Waals surface area contributed by atoms with Crippen molar-refractivity contribution < 1.29 is 17.9 Å². The largest absolute Gasteiger partial charge is 0.495 e. The molecule has 0 aromatic heterocycles. The van der Waals surface area contributed by atoms with Crippen molar-refractivity contribution >= 4 is 15.9 Å². The molecule has 1 heterocycles. The van der Waals surface area contributed by atoms with Crippen molar-refractivity contribution in [3.63, 3.8) is 0 Å². The van der Waals surface area contributed by atoms with Crippen LogP contribution in [0.25, 0.3) is 0 Å². The summed E-state index contributed by atoms with van der Waals surface area (Å²) in [4.78, 5) is 12.7. The SMILES string of the molecule is CCC[C@H](C)NC(=O)[C@@H]1CCCN(S(=O)(=O)c2cc(C)ccc2OC)C1. The Morgan fingerprint density at radius 3 is 2.81 bits per heavy atom. The summed E-state index contributed by atoms with van der Waals surface area (Å²) in [5.74, 6) is -0.0329. The van der Waals surface area contributed by atoms with Crippen LogP contribution in [0, 0.1) is 12.8 Å². The maximum atomic E-state index is 13.1. The molecule has 0 radical (unpaired) electrons. The summed E-state index contributed by atoms with van der Waals surface area (Å²) < 4.78 is 32.9. The van der Waals surface area contributed by atoms with Crippen LogP contribution in [0.3, 0.4) is 0 Å². The Hall–Kier alpha value is -1.60. The van der Waals surface area contributed by atoms with Crippen LogP contribution < -0.4 is 10.1 Å². The van der Waals surface area contributed by atoms with E-state index in [-0.39, 0.29) is 29.3 Å². The van der Waals surface area contributed by atoms with Gasteiger partial charge in [-0.15, -0.1) is 0 Å². The van der Waals surface area contributed by atoms with Crippen LogP contribution in [0.4, 0.5) is 0 Å². The number of hydrogen-bond donors (Lipinski definition) is 1. The summed E-state index contributed by atoms with van der Waals surface area (Å²) >= 11 is 0. The van der Waals surface area contributed by atoms with Crippen molar-refractivity contribution in [2.75, 3.05) is 20.2 Å². The van der Waals surface area contributed by atoms with Crippen LogP contribution in [0.1, 0.15) is 45.1 Å². The zero-order valence-electron chi connectivity index (χ0n) is 16.1. The Balaban J connectivity index is 2.18. The van der Waals surface area contributed by atoms with Crippen LogP contribution in [0.15, 0.2) is 23.1 Å². The number of methoxy groups -OCH3 is 1. The Labute approximate surface area is 157 Å². The highest BCUT2D eigenvalue weighted by atomic mass is 32.2. The number of nitrogens with one attached hydrogen (secondary N) is 1. The molecule has 1 aliphatic rings. The van der Waals surface area contributed by atoms with E-state index in [1.54, 1.807) is 12.1 Å². The first-order chi connectivity index (χ1) is 12.3. The maximum absolute atomic E-state index is 13.1. The number of amides is 1. The fraction of sp³-hybridized carbons (Fsp3) is 0.632. The molecule has 1 aromatic rings. The van der Waals surface area contributed by atoms with E-state index in [2.05, 4.69) is 12.2 Å². The number of rotatable bonds is 7. The van der Waals surface area contributed by atoms with E-state index in [4.69, 9.17) is 4.74 Å². The van der Waals surface area contributed by atoms with Gasteiger partial charge in [-0.2, -0.15) is 4.31 Å². The van der Waals surface area contributed by atoms with E-state index in [1.807, 2.05) is 19.9 Å². The van der Waals surface area contributed by atoms with E-state index >= 15 is 0 Å². The number of carbonyl (C=O) groups excluding carboxylic acids is 1. The van der Waals surface area contributed by atoms with E-state index in [0.29, 0.717) is 25.1 Å². The Morgan fingerprint density at radius 1 is 1.42 bits per heavy atom. The minimum Gasteiger partial charge on any atom is -0.495 e. The van der Waals surface area contributed by atoms with Crippen molar-refractivity contribution in [1.29, 1.82) is 0 Å². The summed E-state index contributed by atoms with van der Waals surface area (Å²) in [5.41, 5.74) is 0.851. The molecule has 0 spiro atoms. The molecule has 0 unspecified atom stereocenters. The summed E-state index contributed by atoms with van der Waals surface area (Å²) in [6.45, 7) is 6.54. The van der Waals surface area contributed by atoms with E-state index < -0.39 is 10.0 Å². The predicted octanol–water partition coefficient (Wildman–Crippen LogP) is 2.71. The third-order valence-corrected chi connectivity index (χ3v) is 6.69. The van der Waals surface area contributed by atoms with Gasteiger partial charge in [-0.3, -0.25) is 4.79 Å². The van der Waals surface area contributed by atoms with E-state index in [9.17, 15) is 13.2 Å². The second-order valence-electron chi connectivity index (χ2n) is 7.05. The zero-order chi connectivity index (χ0) is 19.3. The minimum absolute atomic E-state index is 0.0537. The molecule has 1 fully saturated rings. The maximum Gasteiger partial charge on any atom is 0.246 e. The van der Waals surface area contributed by atoms with Crippen molar-refractivity contribution in [3.8, 4) is 5.75 Å². The molecule has 7 heteroatoms. The molecule has 146 valence electrons. The first-order valence-electron chi connectivity index (χ1n) is 9.24. The summed E-state index contributed by atoms with van der Waals surface area (Å²) in [7, 11) is -2.24. The van der Waals surface area contributed by atoms with Crippen molar-refractivity contribution in [2.24, 2.45) is 5.92 Å². The van der Waals surface area contributed by atoms with Crippen LogP contribution >= 0.6 is 0 Å². The second-order valence-corrected chi connectivity index (χ2v) is 8.96. The second kappa shape index (κ2) is 8.86. The summed E-state index contributed by atoms with van der Waals surface area (Å²) in [5, 5.41) is 3.01. The normalized spacial score (nSPS) is 19.8. The average molecular weight is 383 g/mol. The fourth-order valence-corrected chi connectivity index (χ4v) is 5.13. The van der Waals surface area contributed by atoms with Gasteiger partial charge in [-0.1, -0.05) is 19.4 Å². The van der Waals surface area contributed by atoms with Gasteiger partial charge in [0.15, 0.2) is 0 Å². The van der Waals surface area contributed by atoms with Gasteiger partial charge in [0.1, 0.15) is 10.6 Å². The van der Waals surface area contributed by atoms with E-state index in [0.717, 1.165) is 18.4 Å². The van der Waals surface area contributed by atoms with Gasteiger partial charge in [0.2, 0.25) is 15.9 Å². The fourth-order valence-electron chi connectivity index (χ4n) is 3.37. The number of sulfonamides is 1. The van der Waals surface area contributed by atoms with Crippen LogP contribution in [-0.4, -0.2) is 44.9 Å². The van der Waals surface area contributed by atoms with Gasteiger partial charge in [0.25, 0.3) is 0 Å². The van der Waals surface area contributed by atoms with Gasteiger partial charge in [-0.25, -0.2) is 8.42 Å². The highest BCUT2D eigenvalue weighted by Crippen LogP contribution is 2.30. The lowest BCUT2D eigenvalue weighted by Gasteiger charge is -2.32. The predicted molar refractivity (Wildman–Crippen MR) is 102 cm³/mol. The van der Waals surface area contributed by atoms with Gasteiger partial charge in [0.05, 0.1) is 13.0 Å². The highest BCUT2D eigenvalue weighted by molar-refractivity contribution is 7.89. The molecule has 1 N–H and O–H groups in total. The number of hydrogen-bond acceptors (Lipinski definition) is 4. The summed E-state index contributed by atoms with van der Waals surface area (Å²) in [6, 6.07) is 5.22. The topological polar surface area (TPSA) is 75.7 Å². The van der Waals surface area contributed by atoms with Gasteiger partial charge in [-0.05, 0) is 50.8 Å². The quantitative estimate of drug-likeness (QED) is 0.787. The average Bonchev–Trinajstić information content (AvgIpc) is 2.62. The number of carbonyl (C=O) groups is 1. The first-order valence-corrected chi connectivity index (χ1v) is 10.7. The molecule has 1 amide bonds. The van der Waals surface area contributed by atoms with E-state index in [1.165, 1.54) is 11.4 Å². The molecule has 2 atom stereocenters. The molecule has 1 aromatic carbocycles. The Kier molecular flexibility index (Phi) is 7.06. The van der Waals surface area contributed by atoms with Crippen molar-refractivity contribution in [1.82, 2.24) is 9.62 Å². The molecule has 1 saturated heterocycles. The van der Waals surface area contributed by atoms with Crippen molar-refractivity contribution in [2.45, 2.75) is 57.4 Å². The first kappa shape index (κ1) is 20.7.